The van der Waals surface area contributed by atoms with E-state index in [9.17, 15) is 14.4 Å². The number of rotatable bonds is 5. The summed E-state index contributed by atoms with van der Waals surface area (Å²) in [4.78, 5) is 35.3. The molecule has 0 bridgehead atoms. The van der Waals surface area contributed by atoms with Gasteiger partial charge in [-0.2, -0.15) is 0 Å². The summed E-state index contributed by atoms with van der Waals surface area (Å²) in [6.45, 7) is 1.02. The lowest BCUT2D eigenvalue weighted by Crippen LogP contribution is -2.32. The third-order valence-electron chi connectivity index (χ3n) is 1.94. The summed E-state index contributed by atoms with van der Waals surface area (Å²) in [5.74, 6) is -0.177. The molecule has 0 atom stereocenters. The Morgan fingerprint density at radius 3 is 2.88 bits per heavy atom. The molecule has 1 aromatic heterocycles. The van der Waals surface area contributed by atoms with Crippen molar-refractivity contribution in [2.24, 2.45) is 5.73 Å². The molecule has 0 aromatic carbocycles. The summed E-state index contributed by atoms with van der Waals surface area (Å²) in [5.41, 5.74) is 4.25. The topological polar surface area (TPSA) is 110 Å². The lowest BCUT2D eigenvalue weighted by Gasteiger charge is -2.05. The minimum Gasteiger partial charge on any atom is -0.355 e. The SMILES string of the molecule is NCCNC(=O)CCn1ccc(=O)[nH]c1=O. The maximum absolute atomic E-state index is 11.2. The van der Waals surface area contributed by atoms with Gasteiger partial charge in [-0.05, 0) is 0 Å². The highest BCUT2D eigenvalue weighted by atomic mass is 16.2. The second-order valence-electron chi connectivity index (χ2n) is 3.19. The van der Waals surface area contributed by atoms with E-state index in [0.717, 1.165) is 0 Å². The van der Waals surface area contributed by atoms with Crippen molar-refractivity contribution in [1.82, 2.24) is 14.9 Å². The van der Waals surface area contributed by atoms with Crippen LogP contribution in [-0.4, -0.2) is 28.5 Å². The number of H-pyrrole nitrogens is 1. The van der Waals surface area contributed by atoms with Crippen LogP contribution in [-0.2, 0) is 11.3 Å². The van der Waals surface area contributed by atoms with Gasteiger partial charge in [-0.25, -0.2) is 4.79 Å². The van der Waals surface area contributed by atoms with Crippen LogP contribution >= 0.6 is 0 Å². The molecule has 0 fully saturated rings. The Hall–Kier alpha value is -1.89. The van der Waals surface area contributed by atoms with E-state index in [-0.39, 0.29) is 18.9 Å². The van der Waals surface area contributed by atoms with E-state index in [1.807, 2.05) is 0 Å². The predicted molar refractivity (Wildman–Crippen MR) is 58.0 cm³/mol. The highest BCUT2D eigenvalue weighted by Crippen LogP contribution is 1.84. The maximum Gasteiger partial charge on any atom is 0.328 e. The number of aromatic amines is 1. The van der Waals surface area contributed by atoms with Crippen molar-refractivity contribution in [2.75, 3.05) is 13.1 Å². The molecule has 0 aliphatic carbocycles. The molecule has 1 aromatic rings. The van der Waals surface area contributed by atoms with Crippen LogP contribution in [0.15, 0.2) is 21.9 Å². The Labute approximate surface area is 91.3 Å². The molecule has 1 rings (SSSR count). The molecule has 0 unspecified atom stereocenters. The van der Waals surface area contributed by atoms with E-state index in [0.29, 0.717) is 13.1 Å². The molecule has 4 N–H and O–H groups in total. The zero-order chi connectivity index (χ0) is 12.0. The lowest BCUT2D eigenvalue weighted by atomic mass is 10.4. The fraction of sp³-hybridized carbons (Fsp3) is 0.444. The Balaban J connectivity index is 2.52. The van der Waals surface area contributed by atoms with Crippen LogP contribution in [0.2, 0.25) is 0 Å². The minimum absolute atomic E-state index is 0.173. The van der Waals surface area contributed by atoms with Crippen LogP contribution in [0.1, 0.15) is 6.42 Å². The van der Waals surface area contributed by atoms with Crippen LogP contribution in [0.3, 0.4) is 0 Å². The van der Waals surface area contributed by atoms with Gasteiger partial charge < -0.3 is 15.6 Å². The summed E-state index contributed by atoms with van der Waals surface area (Å²) < 4.78 is 1.27. The van der Waals surface area contributed by atoms with Crippen molar-refractivity contribution in [2.45, 2.75) is 13.0 Å². The molecule has 88 valence electrons. The van der Waals surface area contributed by atoms with Crippen molar-refractivity contribution >= 4 is 5.91 Å². The van der Waals surface area contributed by atoms with Gasteiger partial charge in [-0.1, -0.05) is 0 Å². The Morgan fingerprint density at radius 1 is 1.50 bits per heavy atom. The van der Waals surface area contributed by atoms with E-state index >= 15 is 0 Å². The van der Waals surface area contributed by atoms with Gasteiger partial charge in [0.15, 0.2) is 0 Å². The molecule has 7 nitrogen and oxygen atoms in total. The summed E-state index contributed by atoms with van der Waals surface area (Å²) >= 11 is 0. The smallest absolute Gasteiger partial charge is 0.328 e. The second kappa shape index (κ2) is 5.86. The molecule has 0 radical (unpaired) electrons. The first-order chi connectivity index (χ1) is 7.63. The number of nitrogens with one attached hydrogen (secondary N) is 2. The lowest BCUT2D eigenvalue weighted by molar-refractivity contribution is -0.121. The largest absolute Gasteiger partial charge is 0.355 e. The van der Waals surface area contributed by atoms with Crippen LogP contribution in [0, 0.1) is 0 Å². The van der Waals surface area contributed by atoms with Gasteiger partial charge in [0.1, 0.15) is 0 Å². The van der Waals surface area contributed by atoms with Crippen LogP contribution in [0.4, 0.5) is 0 Å². The standard InChI is InChI=1S/C9H14N4O3/c10-3-4-11-7(14)1-5-13-6-2-8(15)12-9(13)16/h2,6H,1,3-5,10H2,(H,11,14)(H,12,15,16). The number of carbonyl (C=O) groups excluding carboxylic acids is 1. The van der Waals surface area contributed by atoms with Gasteiger partial charge in [-0.15, -0.1) is 0 Å². The van der Waals surface area contributed by atoms with E-state index in [1.165, 1.54) is 16.8 Å². The van der Waals surface area contributed by atoms with Gasteiger partial charge in [0.25, 0.3) is 5.56 Å². The van der Waals surface area contributed by atoms with Crippen molar-refractivity contribution < 1.29 is 4.79 Å². The van der Waals surface area contributed by atoms with E-state index < -0.39 is 11.2 Å². The predicted octanol–water partition coefficient (Wildman–Crippen LogP) is -2.00. The number of amides is 1. The molecular weight excluding hydrogens is 212 g/mol. The highest BCUT2D eigenvalue weighted by Gasteiger charge is 2.02. The normalized spacial score (nSPS) is 10.1. The Kier molecular flexibility index (Phi) is 4.46. The van der Waals surface area contributed by atoms with Gasteiger partial charge in [0, 0.05) is 38.3 Å². The maximum atomic E-state index is 11.2. The van der Waals surface area contributed by atoms with Gasteiger partial charge in [0.05, 0.1) is 0 Å². The molecule has 0 spiro atoms. The van der Waals surface area contributed by atoms with Crippen LogP contribution in [0.5, 0.6) is 0 Å². The Morgan fingerprint density at radius 2 is 2.25 bits per heavy atom. The Bertz CT molecular complexity index is 462. The molecule has 0 aliphatic heterocycles. The molecule has 1 amide bonds. The number of nitrogens with zero attached hydrogens (tertiary/aromatic N) is 1. The van der Waals surface area contributed by atoms with E-state index in [4.69, 9.17) is 5.73 Å². The van der Waals surface area contributed by atoms with Gasteiger partial charge >= 0.3 is 5.69 Å². The zero-order valence-corrected chi connectivity index (χ0v) is 8.73. The van der Waals surface area contributed by atoms with Crippen molar-refractivity contribution in [3.63, 3.8) is 0 Å². The third-order valence-corrected chi connectivity index (χ3v) is 1.94. The summed E-state index contributed by atoms with van der Waals surface area (Å²) in [5, 5.41) is 2.58. The number of hydrogen-bond donors (Lipinski definition) is 3. The first-order valence-electron chi connectivity index (χ1n) is 4.90. The molecule has 0 aliphatic rings. The zero-order valence-electron chi connectivity index (χ0n) is 8.73. The number of nitrogens with two attached hydrogens (primary N) is 1. The van der Waals surface area contributed by atoms with Crippen LogP contribution < -0.4 is 22.3 Å². The molecule has 1 heterocycles. The quantitative estimate of drug-likeness (QED) is 0.539. The van der Waals surface area contributed by atoms with Crippen molar-refractivity contribution in [3.8, 4) is 0 Å². The first kappa shape index (κ1) is 12.2. The molecule has 0 saturated heterocycles. The third kappa shape index (κ3) is 3.70. The molecular formula is C9H14N4O3. The number of hydrogen-bond acceptors (Lipinski definition) is 4. The number of carbonyl (C=O) groups is 1. The second-order valence-corrected chi connectivity index (χ2v) is 3.19. The van der Waals surface area contributed by atoms with Gasteiger partial charge in [-0.3, -0.25) is 14.6 Å². The van der Waals surface area contributed by atoms with Crippen molar-refractivity contribution in [1.29, 1.82) is 0 Å². The summed E-state index contributed by atoms with van der Waals surface area (Å²) in [6.07, 6.45) is 1.53. The summed E-state index contributed by atoms with van der Waals surface area (Å²) in [7, 11) is 0. The van der Waals surface area contributed by atoms with Crippen molar-refractivity contribution in [3.05, 3.63) is 33.1 Å². The minimum atomic E-state index is -0.515. The van der Waals surface area contributed by atoms with Gasteiger partial charge in [0.2, 0.25) is 5.91 Å². The fourth-order valence-electron chi connectivity index (χ4n) is 1.14. The average Bonchev–Trinajstić information content (AvgIpc) is 2.25. The molecule has 7 heteroatoms. The molecule has 16 heavy (non-hydrogen) atoms. The number of aromatic nitrogens is 2. The average molecular weight is 226 g/mol. The van der Waals surface area contributed by atoms with E-state index in [1.54, 1.807) is 0 Å². The fourth-order valence-corrected chi connectivity index (χ4v) is 1.14. The molecule has 0 saturated carbocycles. The first-order valence-corrected chi connectivity index (χ1v) is 4.90. The highest BCUT2D eigenvalue weighted by molar-refractivity contribution is 5.75. The number of aryl methyl sites for hydroxylation is 1. The van der Waals surface area contributed by atoms with E-state index in [2.05, 4.69) is 10.3 Å². The van der Waals surface area contributed by atoms with Crippen LogP contribution in [0.25, 0.3) is 0 Å². The monoisotopic (exact) mass is 226 g/mol. The summed E-state index contributed by atoms with van der Waals surface area (Å²) in [6, 6.07) is 1.24.